The van der Waals surface area contributed by atoms with Crippen LogP contribution in [0.25, 0.3) is 20.4 Å². The molecule has 2 unspecified atom stereocenters. The minimum Gasteiger partial charge on any atom is -0.455 e. The molecule has 0 spiro atoms. The zero-order valence-electron chi connectivity index (χ0n) is 30.6. The van der Waals surface area contributed by atoms with Gasteiger partial charge in [-0.3, -0.25) is 25.0 Å². The lowest BCUT2D eigenvalue weighted by Crippen LogP contribution is -2.22. The number of ketones is 1. The molecular weight excluding hydrogens is 757 g/mol. The van der Waals surface area contributed by atoms with Crippen LogP contribution < -0.4 is 0 Å². The number of carbonyl (C=O) groups is 3. The summed E-state index contributed by atoms with van der Waals surface area (Å²) in [5.74, 6) is 4.46. The van der Waals surface area contributed by atoms with Crippen LogP contribution in [0.1, 0.15) is 67.2 Å². The van der Waals surface area contributed by atoms with E-state index in [9.17, 15) is 34.6 Å². The number of nitro groups is 2. The topological polar surface area (TPSA) is 182 Å². The van der Waals surface area contributed by atoms with Crippen molar-refractivity contribution >= 4 is 60.8 Å². The first-order chi connectivity index (χ1) is 26.9. The SMILES string of the molecule is C[C@H](/C=C\C(=O)c1nc2ccccc2s1)OC(=O)/C=C/C1=CCCC([N+](=O)[O-])C1.C[C@H](C#Cc1nc2ccccc2s1)OC(=O)/C=C/C1=CCCC([N+](=O)[O-])C1. The van der Waals surface area contributed by atoms with E-state index < -0.39 is 36.2 Å². The summed E-state index contributed by atoms with van der Waals surface area (Å²) in [4.78, 5) is 66.0. The standard InChI is InChI=1S/C21H20N2O5S.C20H18N2O4S/c1-14(9-11-18(24)21-22-17-7-2-3-8-19(17)29-21)28-20(25)12-10-15-5-4-6-16(13-15)23(26)27;1-14(9-11-19-21-17-7-2-3-8-18(17)27-19)26-20(23)12-10-15-5-4-6-16(13-15)22(24)25/h2-3,5,7-12,14,16H,4,6,13H2,1H3;2-3,5,7-8,10,12,14,16H,4,6,13H2,1H3/b11-9-,12-10+;12-10+/t2*14-,16?/m11/s1. The number of benzene rings is 2. The van der Waals surface area contributed by atoms with E-state index in [1.54, 1.807) is 26.0 Å². The Hall–Kier alpha value is -6.11. The van der Waals surface area contributed by atoms with Gasteiger partial charge >= 0.3 is 11.9 Å². The van der Waals surface area contributed by atoms with Crippen molar-refractivity contribution in [2.45, 2.75) is 76.7 Å². The van der Waals surface area contributed by atoms with Crippen LogP contribution in [0.2, 0.25) is 0 Å². The van der Waals surface area contributed by atoms with Gasteiger partial charge in [-0.1, -0.05) is 54.5 Å². The molecule has 2 aromatic heterocycles. The third-order valence-corrected chi connectivity index (χ3v) is 10.5. The number of ether oxygens (including phenoxy) is 2. The van der Waals surface area contributed by atoms with Gasteiger partial charge in [0, 0.05) is 47.7 Å². The molecule has 2 heterocycles. The average Bonchev–Trinajstić information content (AvgIpc) is 3.83. The van der Waals surface area contributed by atoms with E-state index >= 15 is 0 Å². The van der Waals surface area contributed by atoms with Crippen molar-refractivity contribution in [1.82, 2.24) is 9.97 Å². The molecule has 0 fully saturated rings. The van der Waals surface area contributed by atoms with Crippen molar-refractivity contribution in [2.75, 3.05) is 0 Å². The maximum Gasteiger partial charge on any atom is 0.331 e. The van der Waals surface area contributed by atoms with E-state index in [0.717, 1.165) is 31.6 Å². The number of hydrogen-bond acceptors (Lipinski definition) is 13. The summed E-state index contributed by atoms with van der Waals surface area (Å²) in [7, 11) is 0. The Morgan fingerprint density at radius 1 is 0.786 bits per heavy atom. The number of para-hydroxylation sites is 2. The molecule has 0 saturated carbocycles. The van der Waals surface area contributed by atoms with Crippen molar-refractivity contribution in [3.8, 4) is 11.8 Å². The van der Waals surface area contributed by atoms with Crippen LogP contribution in [0, 0.1) is 32.1 Å². The molecule has 0 N–H and O–H groups in total. The molecule has 4 atom stereocenters. The number of nitrogens with zero attached hydrogens (tertiary/aromatic N) is 4. The summed E-state index contributed by atoms with van der Waals surface area (Å²) in [5, 5.41) is 22.8. The predicted octanol–water partition coefficient (Wildman–Crippen LogP) is 8.17. The molecule has 15 heteroatoms. The Morgan fingerprint density at radius 3 is 1.88 bits per heavy atom. The zero-order chi connectivity index (χ0) is 40.0. The van der Waals surface area contributed by atoms with E-state index in [1.165, 1.54) is 47.0 Å². The Kier molecular flexibility index (Phi) is 14.7. The maximum atomic E-state index is 12.3. The summed E-state index contributed by atoms with van der Waals surface area (Å²) >= 11 is 2.80. The van der Waals surface area contributed by atoms with Crippen molar-refractivity contribution in [1.29, 1.82) is 0 Å². The van der Waals surface area contributed by atoms with Gasteiger partial charge in [0.1, 0.15) is 6.10 Å². The molecule has 0 amide bonds. The van der Waals surface area contributed by atoms with Crippen LogP contribution in [0.4, 0.5) is 0 Å². The lowest BCUT2D eigenvalue weighted by atomic mass is 9.95. The number of aromatic nitrogens is 2. The summed E-state index contributed by atoms with van der Waals surface area (Å²) in [6.07, 6.45) is 14.1. The van der Waals surface area contributed by atoms with Crippen molar-refractivity contribution in [2.24, 2.45) is 0 Å². The fraction of sp³-hybridized carbons (Fsp3) is 0.293. The molecule has 2 aliphatic rings. The predicted molar refractivity (Wildman–Crippen MR) is 214 cm³/mol. The van der Waals surface area contributed by atoms with Gasteiger partial charge in [-0.15, -0.1) is 22.7 Å². The third-order valence-electron chi connectivity index (χ3n) is 8.51. The highest BCUT2D eigenvalue weighted by molar-refractivity contribution is 7.20. The maximum absolute atomic E-state index is 12.3. The van der Waals surface area contributed by atoms with Crippen LogP contribution in [0.3, 0.4) is 0 Å². The number of carbonyl (C=O) groups excluding carboxylic acids is 3. The van der Waals surface area contributed by atoms with Gasteiger partial charge < -0.3 is 9.47 Å². The zero-order valence-corrected chi connectivity index (χ0v) is 32.2. The highest BCUT2D eigenvalue weighted by Crippen LogP contribution is 2.24. The molecule has 0 bridgehead atoms. The van der Waals surface area contributed by atoms with Crippen LogP contribution >= 0.6 is 22.7 Å². The molecular formula is C41H38N4O9S2. The Balaban J connectivity index is 0.000000215. The fourth-order valence-corrected chi connectivity index (χ4v) is 7.40. The van der Waals surface area contributed by atoms with Crippen LogP contribution in [-0.4, -0.2) is 61.8 Å². The number of hydrogen-bond donors (Lipinski definition) is 0. The number of esters is 2. The molecule has 0 saturated heterocycles. The average molecular weight is 795 g/mol. The first-order valence-corrected chi connectivity index (χ1v) is 19.4. The second-order valence-electron chi connectivity index (χ2n) is 12.9. The summed E-state index contributed by atoms with van der Waals surface area (Å²) in [5.41, 5.74) is 3.21. The van der Waals surface area contributed by atoms with Crippen molar-refractivity contribution in [3.05, 3.63) is 139 Å². The Bertz CT molecular complexity index is 2260. The summed E-state index contributed by atoms with van der Waals surface area (Å²) in [6, 6.07) is 14.1. The fourth-order valence-electron chi connectivity index (χ4n) is 5.68. The first-order valence-electron chi connectivity index (χ1n) is 17.8. The van der Waals surface area contributed by atoms with E-state index in [-0.39, 0.29) is 15.6 Å². The molecule has 13 nitrogen and oxygen atoms in total. The number of rotatable bonds is 11. The van der Waals surface area contributed by atoms with E-state index in [4.69, 9.17) is 9.47 Å². The lowest BCUT2D eigenvalue weighted by molar-refractivity contribution is -0.523. The van der Waals surface area contributed by atoms with Gasteiger partial charge in [0.05, 0.1) is 20.4 Å². The van der Waals surface area contributed by atoms with Crippen LogP contribution in [-0.2, 0) is 19.1 Å². The molecule has 6 rings (SSSR count). The van der Waals surface area contributed by atoms with Crippen LogP contribution in [0.5, 0.6) is 0 Å². The van der Waals surface area contributed by atoms with E-state index in [1.807, 2.05) is 60.7 Å². The van der Waals surface area contributed by atoms with Crippen molar-refractivity contribution < 1.29 is 33.7 Å². The van der Waals surface area contributed by atoms with Gasteiger partial charge in [-0.2, -0.15) is 0 Å². The number of allylic oxidation sites excluding steroid dienone is 5. The molecule has 0 radical (unpaired) electrons. The molecule has 2 aliphatic carbocycles. The Morgan fingerprint density at radius 2 is 1.32 bits per heavy atom. The third kappa shape index (κ3) is 12.5. The Labute approximate surface area is 330 Å². The normalized spacial score (nSPS) is 18.0. The van der Waals surface area contributed by atoms with Crippen molar-refractivity contribution in [3.63, 3.8) is 0 Å². The van der Waals surface area contributed by atoms with E-state index in [0.29, 0.717) is 48.5 Å². The van der Waals surface area contributed by atoms with Gasteiger partial charge in [0.2, 0.25) is 17.9 Å². The minimum atomic E-state index is -0.606. The summed E-state index contributed by atoms with van der Waals surface area (Å²) < 4.78 is 12.4. The number of thiazole rings is 2. The molecule has 288 valence electrons. The molecule has 4 aromatic rings. The first kappa shape index (κ1) is 41.1. The monoisotopic (exact) mass is 794 g/mol. The lowest BCUT2D eigenvalue weighted by Gasteiger charge is -2.14. The van der Waals surface area contributed by atoms with E-state index in [2.05, 4.69) is 21.8 Å². The van der Waals surface area contributed by atoms with Gasteiger partial charge in [0.25, 0.3) is 0 Å². The summed E-state index contributed by atoms with van der Waals surface area (Å²) in [6.45, 7) is 3.34. The quantitative estimate of drug-likeness (QED) is 0.0357. The second kappa shape index (κ2) is 20.0. The van der Waals surface area contributed by atoms with Gasteiger partial charge in [-0.05, 0) is 80.2 Å². The number of fused-ring (bicyclic) bond motifs is 2. The molecule has 56 heavy (non-hydrogen) atoms. The highest BCUT2D eigenvalue weighted by atomic mass is 32.1. The van der Waals surface area contributed by atoms with Gasteiger partial charge in [0.15, 0.2) is 16.1 Å². The molecule has 0 aliphatic heterocycles. The van der Waals surface area contributed by atoms with Crippen LogP contribution in [0.15, 0.2) is 108 Å². The molecule has 2 aromatic carbocycles. The second-order valence-corrected chi connectivity index (χ2v) is 14.9. The highest BCUT2D eigenvalue weighted by Gasteiger charge is 2.24. The largest absolute Gasteiger partial charge is 0.455 e. The minimum absolute atomic E-state index is 0.247. The van der Waals surface area contributed by atoms with Gasteiger partial charge in [-0.25, -0.2) is 19.6 Å². The smallest absolute Gasteiger partial charge is 0.331 e.